The molecular formula is C21H28ClFN4O2. The fraction of sp³-hybridized carbons (Fsp3) is 0.571. The Hall–Kier alpha value is -1.99. The third kappa shape index (κ3) is 4.95. The quantitative estimate of drug-likeness (QED) is 0.768. The third-order valence-corrected chi connectivity index (χ3v) is 6.17. The summed E-state index contributed by atoms with van der Waals surface area (Å²) in [6.45, 7) is 1.70. The molecule has 4 rings (SSSR count). The van der Waals surface area contributed by atoms with Gasteiger partial charge in [0.05, 0.1) is 0 Å². The summed E-state index contributed by atoms with van der Waals surface area (Å²) in [6, 6.07) is 5.35. The van der Waals surface area contributed by atoms with Gasteiger partial charge in [0.2, 0.25) is 17.6 Å². The number of amides is 1. The lowest BCUT2D eigenvalue weighted by Gasteiger charge is -2.45. The summed E-state index contributed by atoms with van der Waals surface area (Å²) in [5.74, 6) is 1.43. The van der Waals surface area contributed by atoms with E-state index in [4.69, 9.17) is 10.3 Å². The Morgan fingerprint density at radius 3 is 2.72 bits per heavy atom. The number of aryl methyl sites for hydroxylation is 2. The zero-order valence-electron chi connectivity index (χ0n) is 16.6. The van der Waals surface area contributed by atoms with Gasteiger partial charge in [0.25, 0.3) is 0 Å². The number of hydrogen-bond acceptors (Lipinski definition) is 5. The first-order chi connectivity index (χ1) is 13.5. The molecule has 6 nitrogen and oxygen atoms in total. The summed E-state index contributed by atoms with van der Waals surface area (Å²) in [5.41, 5.74) is 7.29. The van der Waals surface area contributed by atoms with Gasteiger partial charge in [0, 0.05) is 30.5 Å². The summed E-state index contributed by atoms with van der Waals surface area (Å²) in [4.78, 5) is 16.8. The maximum Gasteiger partial charge on any atom is 0.227 e. The molecule has 158 valence electrons. The van der Waals surface area contributed by atoms with Gasteiger partial charge >= 0.3 is 0 Å². The third-order valence-electron chi connectivity index (χ3n) is 6.17. The van der Waals surface area contributed by atoms with Gasteiger partial charge in [0.1, 0.15) is 5.82 Å². The van der Waals surface area contributed by atoms with Crippen LogP contribution >= 0.6 is 12.4 Å². The number of rotatable bonds is 5. The number of carbonyl (C=O) groups excluding carboxylic acids is 1. The molecule has 2 fully saturated rings. The number of carbonyl (C=O) groups is 1. The van der Waals surface area contributed by atoms with E-state index in [2.05, 4.69) is 15.5 Å². The van der Waals surface area contributed by atoms with Crippen molar-refractivity contribution in [3.05, 3.63) is 35.5 Å². The molecule has 0 spiro atoms. The highest BCUT2D eigenvalue weighted by Crippen LogP contribution is 2.39. The van der Waals surface area contributed by atoms with Gasteiger partial charge in [-0.2, -0.15) is 4.98 Å². The molecule has 2 unspecified atom stereocenters. The van der Waals surface area contributed by atoms with E-state index < -0.39 is 0 Å². The van der Waals surface area contributed by atoms with Crippen LogP contribution in [0.25, 0.3) is 11.4 Å². The minimum atomic E-state index is -0.305. The molecule has 2 aromatic rings. The number of hydrogen-bond donors (Lipinski definition) is 2. The molecule has 1 heterocycles. The molecule has 2 atom stereocenters. The van der Waals surface area contributed by atoms with E-state index in [0.717, 1.165) is 25.7 Å². The summed E-state index contributed by atoms with van der Waals surface area (Å²) < 4.78 is 19.0. The van der Waals surface area contributed by atoms with E-state index in [-0.39, 0.29) is 36.2 Å². The minimum Gasteiger partial charge on any atom is -0.353 e. The monoisotopic (exact) mass is 422 g/mol. The van der Waals surface area contributed by atoms with Gasteiger partial charge in [-0.15, -0.1) is 12.4 Å². The van der Waals surface area contributed by atoms with Crippen LogP contribution in [0.15, 0.2) is 22.7 Å². The smallest absolute Gasteiger partial charge is 0.227 e. The van der Waals surface area contributed by atoms with E-state index in [1.54, 1.807) is 19.1 Å². The van der Waals surface area contributed by atoms with E-state index in [1.807, 2.05) is 0 Å². The second kappa shape index (κ2) is 9.22. The zero-order valence-corrected chi connectivity index (χ0v) is 17.4. The average molecular weight is 423 g/mol. The lowest BCUT2D eigenvalue weighted by molar-refractivity contribution is -0.123. The van der Waals surface area contributed by atoms with Gasteiger partial charge in [0.15, 0.2) is 0 Å². The van der Waals surface area contributed by atoms with E-state index in [0.29, 0.717) is 47.5 Å². The van der Waals surface area contributed by atoms with Crippen molar-refractivity contribution >= 4 is 18.3 Å². The van der Waals surface area contributed by atoms with Gasteiger partial charge < -0.3 is 15.6 Å². The molecular weight excluding hydrogens is 395 g/mol. The number of aromatic nitrogens is 2. The van der Waals surface area contributed by atoms with Crippen LogP contribution in [0.5, 0.6) is 0 Å². The molecule has 29 heavy (non-hydrogen) atoms. The number of nitrogens with two attached hydrogens (primary N) is 1. The van der Waals surface area contributed by atoms with Crippen LogP contribution in [0.1, 0.15) is 50.0 Å². The van der Waals surface area contributed by atoms with Crippen molar-refractivity contribution in [3.8, 4) is 11.4 Å². The van der Waals surface area contributed by atoms with Crippen LogP contribution in [0.4, 0.5) is 4.39 Å². The molecule has 1 aromatic heterocycles. The van der Waals surface area contributed by atoms with Gasteiger partial charge in [-0.05, 0) is 56.1 Å². The standard InChI is InChI=1S/C21H27FN4O2.ClH/c1-12-5-6-15(11-17(12)22)21-25-19(28-26-21)8-7-18(27)24-20-13-3-2-4-14(20)10-16(23)9-13;/h5-6,11,13-14,16,20H,2-4,7-10,23H2,1H3,(H,24,27);1H. The second-order valence-electron chi connectivity index (χ2n) is 8.25. The van der Waals surface area contributed by atoms with Crippen molar-refractivity contribution in [2.75, 3.05) is 0 Å². The van der Waals surface area contributed by atoms with Crippen LogP contribution in [0.2, 0.25) is 0 Å². The minimum absolute atomic E-state index is 0. The predicted octanol–water partition coefficient (Wildman–Crippen LogP) is 3.56. The Labute approximate surface area is 176 Å². The van der Waals surface area contributed by atoms with E-state index in [1.165, 1.54) is 12.5 Å². The second-order valence-corrected chi connectivity index (χ2v) is 8.25. The molecule has 2 bridgehead atoms. The van der Waals surface area contributed by atoms with E-state index >= 15 is 0 Å². The Balaban J connectivity index is 0.00000240. The summed E-state index contributed by atoms with van der Waals surface area (Å²) >= 11 is 0. The fourth-order valence-electron chi connectivity index (χ4n) is 4.71. The largest absolute Gasteiger partial charge is 0.353 e. The van der Waals surface area contributed by atoms with E-state index in [9.17, 15) is 9.18 Å². The maximum absolute atomic E-state index is 13.7. The molecule has 2 aliphatic carbocycles. The van der Waals surface area contributed by atoms with Crippen molar-refractivity contribution in [1.82, 2.24) is 15.5 Å². The molecule has 1 aromatic carbocycles. The molecule has 8 heteroatoms. The Kier molecular flexibility index (Phi) is 6.90. The van der Waals surface area contributed by atoms with Crippen LogP contribution in [0.3, 0.4) is 0 Å². The average Bonchev–Trinajstić information content (AvgIpc) is 3.12. The molecule has 2 aliphatic rings. The van der Waals surface area contributed by atoms with Gasteiger partial charge in [-0.3, -0.25) is 4.79 Å². The lowest BCUT2D eigenvalue weighted by atomic mass is 9.67. The van der Waals surface area contributed by atoms with Crippen molar-refractivity contribution in [1.29, 1.82) is 0 Å². The number of halogens is 2. The molecule has 0 radical (unpaired) electrons. The summed E-state index contributed by atoms with van der Waals surface area (Å²) in [5, 5.41) is 7.14. The molecule has 1 amide bonds. The maximum atomic E-state index is 13.7. The lowest BCUT2D eigenvalue weighted by Crippen LogP contribution is -2.53. The number of nitrogens with one attached hydrogen (secondary N) is 1. The SMILES string of the molecule is Cc1ccc(-c2noc(CCC(=O)NC3C4CCCC3CC(N)C4)n2)cc1F.Cl. The van der Waals surface area contributed by atoms with Crippen LogP contribution in [-0.4, -0.2) is 28.1 Å². The topological polar surface area (TPSA) is 94.0 Å². The van der Waals surface area contributed by atoms with Crippen molar-refractivity contribution in [2.45, 2.75) is 64.0 Å². The summed E-state index contributed by atoms with van der Waals surface area (Å²) in [6.07, 6.45) is 6.20. The van der Waals surface area contributed by atoms with Crippen LogP contribution in [-0.2, 0) is 11.2 Å². The Morgan fingerprint density at radius 2 is 2.03 bits per heavy atom. The number of benzene rings is 1. The fourth-order valence-corrected chi connectivity index (χ4v) is 4.71. The Bertz CT molecular complexity index is 845. The number of fused-ring (bicyclic) bond motifs is 2. The first-order valence-electron chi connectivity index (χ1n) is 10.1. The Morgan fingerprint density at radius 1 is 1.31 bits per heavy atom. The molecule has 2 saturated carbocycles. The summed E-state index contributed by atoms with van der Waals surface area (Å²) in [7, 11) is 0. The van der Waals surface area contributed by atoms with Crippen LogP contribution < -0.4 is 11.1 Å². The first-order valence-corrected chi connectivity index (χ1v) is 10.1. The highest BCUT2D eigenvalue weighted by molar-refractivity contribution is 5.85. The zero-order chi connectivity index (χ0) is 19.7. The van der Waals surface area contributed by atoms with Crippen LogP contribution in [0, 0.1) is 24.6 Å². The van der Waals surface area contributed by atoms with Crippen molar-refractivity contribution in [3.63, 3.8) is 0 Å². The normalized spacial score (nSPS) is 25.9. The van der Waals surface area contributed by atoms with Gasteiger partial charge in [-0.1, -0.05) is 23.7 Å². The van der Waals surface area contributed by atoms with Crippen molar-refractivity contribution < 1.29 is 13.7 Å². The van der Waals surface area contributed by atoms with Crippen molar-refractivity contribution in [2.24, 2.45) is 17.6 Å². The highest BCUT2D eigenvalue weighted by atomic mass is 35.5. The highest BCUT2D eigenvalue weighted by Gasteiger charge is 2.39. The molecule has 0 saturated heterocycles. The first kappa shape index (κ1) is 21.7. The predicted molar refractivity (Wildman–Crippen MR) is 110 cm³/mol. The number of nitrogens with zero attached hydrogens (tertiary/aromatic N) is 2. The molecule has 3 N–H and O–H groups in total. The molecule has 0 aliphatic heterocycles. The van der Waals surface area contributed by atoms with Gasteiger partial charge in [-0.25, -0.2) is 4.39 Å².